The Kier molecular flexibility index (Phi) is 6.26. The summed E-state index contributed by atoms with van der Waals surface area (Å²) in [4.78, 5) is 27.7. The van der Waals surface area contributed by atoms with Crippen LogP contribution >= 0.6 is 0 Å². The van der Waals surface area contributed by atoms with Crippen LogP contribution in [0.25, 0.3) is 10.9 Å². The van der Waals surface area contributed by atoms with E-state index in [0.717, 1.165) is 54.4 Å². The van der Waals surface area contributed by atoms with Crippen molar-refractivity contribution in [1.82, 2.24) is 9.47 Å². The smallest absolute Gasteiger partial charge is 0.340 e. The Morgan fingerprint density at radius 1 is 1.00 bits per heavy atom. The number of carbonyl (C=O) groups is 2. The molecule has 1 aliphatic heterocycles. The second-order valence-electron chi connectivity index (χ2n) is 7.90. The lowest BCUT2D eigenvalue weighted by Gasteiger charge is -2.31. The molecular formula is C25H28N2O4. The zero-order valence-electron chi connectivity index (χ0n) is 18.0. The summed E-state index contributed by atoms with van der Waals surface area (Å²) in [5.41, 5.74) is 2.46. The summed E-state index contributed by atoms with van der Waals surface area (Å²) in [7, 11) is 3.02. The van der Waals surface area contributed by atoms with Crippen molar-refractivity contribution in [2.24, 2.45) is 0 Å². The maximum absolute atomic E-state index is 13.5. The van der Waals surface area contributed by atoms with Gasteiger partial charge in [-0.1, -0.05) is 43.2 Å². The van der Waals surface area contributed by atoms with Gasteiger partial charge in [-0.15, -0.1) is 0 Å². The van der Waals surface area contributed by atoms with Crippen LogP contribution < -0.4 is 4.74 Å². The van der Waals surface area contributed by atoms with Crippen molar-refractivity contribution in [3.05, 3.63) is 65.9 Å². The quantitative estimate of drug-likeness (QED) is 0.567. The molecule has 1 atom stereocenters. The molecule has 1 saturated heterocycles. The molecular weight excluding hydrogens is 392 g/mol. The van der Waals surface area contributed by atoms with E-state index in [1.807, 2.05) is 45.9 Å². The van der Waals surface area contributed by atoms with E-state index in [4.69, 9.17) is 9.47 Å². The Morgan fingerprint density at radius 2 is 1.77 bits per heavy atom. The molecule has 0 spiro atoms. The molecule has 0 radical (unpaired) electrons. The standard InChI is InChI=1S/C25H28N2O4/c1-30-19-13-11-18(12-14-19)22-9-4-3-7-15-27(22)24(28)17-26-16-21(25(29)31-2)20-8-5-6-10-23(20)26/h5-6,8,10-14,16,22H,3-4,7,9,15,17H2,1-2H3/t22-/m0/s1. The average Bonchev–Trinajstić information content (AvgIpc) is 2.99. The summed E-state index contributed by atoms with van der Waals surface area (Å²) in [5.74, 6) is 0.470. The number of methoxy groups -OCH3 is 2. The number of benzene rings is 2. The lowest BCUT2D eigenvalue weighted by atomic mass is 10.0. The molecule has 2 heterocycles. The molecule has 3 aromatic rings. The van der Waals surface area contributed by atoms with Gasteiger partial charge in [-0.3, -0.25) is 4.79 Å². The van der Waals surface area contributed by atoms with E-state index < -0.39 is 5.97 Å². The molecule has 1 amide bonds. The maximum Gasteiger partial charge on any atom is 0.340 e. The molecule has 4 rings (SSSR count). The largest absolute Gasteiger partial charge is 0.497 e. The van der Waals surface area contributed by atoms with Crippen LogP contribution in [-0.2, 0) is 16.1 Å². The predicted octanol–water partition coefficient (Wildman–Crippen LogP) is 4.58. The lowest BCUT2D eigenvalue weighted by Crippen LogP contribution is -2.37. The first kappa shape index (κ1) is 21.0. The van der Waals surface area contributed by atoms with Crippen molar-refractivity contribution in [2.45, 2.75) is 38.3 Å². The van der Waals surface area contributed by atoms with Crippen molar-refractivity contribution in [3.63, 3.8) is 0 Å². The van der Waals surface area contributed by atoms with Crippen molar-refractivity contribution < 1.29 is 19.1 Å². The van der Waals surface area contributed by atoms with Crippen molar-refractivity contribution in [1.29, 1.82) is 0 Å². The maximum atomic E-state index is 13.5. The van der Waals surface area contributed by atoms with Gasteiger partial charge in [-0.05, 0) is 36.6 Å². The number of hydrogen-bond donors (Lipinski definition) is 0. The van der Waals surface area contributed by atoms with Crippen molar-refractivity contribution in [3.8, 4) is 5.75 Å². The topological polar surface area (TPSA) is 60.8 Å². The normalized spacial score (nSPS) is 16.7. The minimum absolute atomic E-state index is 0.0443. The Balaban J connectivity index is 1.63. The zero-order valence-corrected chi connectivity index (χ0v) is 18.0. The first-order valence-electron chi connectivity index (χ1n) is 10.7. The van der Waals surface area contributed by atoms with Crippen molar-refractivity contribution in [2.75, 3.05) is 20.8 Å². The van der Waals surface area contributed by atoms with Crippen LogP contribution in [0.1, 0.15) is 47.6 Å². The Morgan fingerprint density at radius 3 is 2.52 bits per heavy atom. The Bertz CT molecular complexity index is 1070. The fraction of sp³-hybridized carbons (Fsp3) is 0.360. The van der Waals surface area contributed by atoms with Gasteiger partial charge in [0, 0.05) is 23.6 Å². The highest BCUT2D eigenvalue weighted by molar-refractivity contribution is 6.04. The average molecular weight is 421 g/mol. The summed E-state index contributed by atoms with van der Waals surface area (Å²) in [6, 6.07) is 15.7. The third kappa shape index (κ3) is 4.29. The number of carbonyl (C=O) groups excluding carboxylic acids is 2. The number of nitrogens with zero attached hydrogens (tertiary/aromatic N) is 2. The first-order chi connectivity index (χ1) is 15.1. The van der Waals surface area contributed by atoms with E-state index in [0.29, 0.717) is 5.56 Å². The van der Waals surface area contributed by atoms with E-state index in [2.05, 4.69) is 12.1 Å². The monoisotopic (exact) mass is 420 g/mol. The van der Waals surface area contributed by atoms with Crippen LogP contribution in [-0.4, -0.2) is 42.1 Å². The van der Waals surface area contributed by atoms with E-state index >= 15 is 0 Å². The second-order valence-corrected chi connectivity index (χ2v) is 7.90. The van der Waals surface area contributed by atoms with E-state index in [1.165, 1.54) is 7.11 Å². The minimum atomic E-state index is -0.395. The lowest BCUT2D eigenvalue weighted by molar-refractivity contribution is -0.134. The van der Waals surface area contributed by atoms with Gasteiger partial charge >= 0.3 is 5.97 Å². The fourth-order valence-electron chi connectivity index (χ4n) is 4.47. The van der Waals surface area contributed by atoms with Gasteiger partial charge in [0.25, 0.3) is 0 Å². The highest BCUT2D eigenvalue weighted by atomic mass is 16.5. The number of ether oxygens (including phenoxy) is 2. The number of aromatic nitrogens is 1. The fourth-order valence-corrected chi connectivity index (χ4v) is 4.47. The molecule has 1 aliphatic rings. The van der Waals surface area contributed by atoms with Gasteiger partial charge in [0.15, 0.2) is 0 Å². The number of amides is 1. The van der Waals surface area contributed by atoms with Crippen LogP contribution in [0.15, 0.2) is 54.7 Å². The number of esters is 1. The molecule has 0 unspecified atom stereocenters. The summed E-state index contributed by atoms with van der Waals surface area (Å²) < 4.78 is 12.1. The molecule has 31 heavy (non-hydrogen) atoms. The van der Waals surface area contributed by atoms with Gasteiger partial charge in [0.05, 0.1) is 25.8 Å². The molecule has 0 aliphatic carbocycles. The summed E-state index contributed by atoms with van der Waals surface area (Å²) in [6.07, 6.45) is 5.89. The Hall–Kier alpha value is -3.28. The van der Waals surface area contributed by atoms with Crippen LogP contribution in [0.5, 0.6) is 5.75 Å². The molecule has 1 fully saturated rings. The van der Waals surface area contributed by atoms with Gasteiger partial charge in [-0.25, -0.2) is 4.79 Å². The van der Waals surface area contributed by atoms with Crippen LogP contribution in [0, 0.1) is 0 Å². The minimum Gasteiger partial charge on any atom is -0.497 e. The number of hydrogen-bond acceptors (Lipinski definition) is 4. The predicted molar refractivity (Wildman–Crippen MR) is 119 cm³/mol. The number of fused-ring (bicyclic) bond motifs is 1. The highest BCUT2D eigenvalue weighted by Crippen LogP contribution is 2.32. The van der Waals surface area contributed by atoms with E-state index in [1.54, 1.807) is 13.3 Å². The molecule has 1 aromatic heterocycles. The second kappa shape index (κ2) is 9.25. The molecule has 2 aromatic carbocycles. The molecule has 0 N–H and O–H groups in total. The number of rotatable bonds is 5. The molecule has 6 heteroatoms. The van der Waals surface area contributed by atoms with Gasteiger partial charge in [0.1, 0.15) is 12.3 Å². The first-order valence-corrected chi connectivity index (χ1v) is 10.7. The van der Waals surface area contributed by atoms with Crippen LogP contribution in [0.4, 0.5) is 0 Å². The summed E-state index contributed by atoms with van der Waals surface area (Å²) >= 11 is 0. The third-order valence-electron chi connectivity index (χ3n) is 6.07. The third-order valence-corrected chi connectivity index (χ3v) is 6.07. The van der Waals surface area contributed by atoms with Gasteiger partial charge in [-0.2, -0.15) is 0 Å². The zero-order chi connectivity index (χ0) is 21.8. The van der Waals surface area contributed by atoms with Gasteiger partial charge < -0.3 is 18.9 Å². The SMILES string of the molecule is COC(=O)c1cn(CC(=O)N2CCCCC[C@H]2c2ccc(OC)cc2)c2ccccc12. The number of para-hydroxylation sites is 1. The molecule has 0 saturated carbocycles. The molecule has 162 valence electrons. The molecule has 0 bridgehead atoms. The van der Waals surface area contributed by atoms with E-state index in [-0.39, 0.29) is 18.5 Å². The molecule has 6 nitrogen and oxygen atoms in total. The Labute approximate surface area is 182 Å². The van der Waals surface area contributed by atoms with Crippen molar-refractivity contribution >= 4 is 22.8 Å². The summed E-state index contributed by atoms with van der Waals surface area (Å²) in [5, 5.41) is 0.796. The van der Waals surface area contributed by atoms with Crippen LogP contribution in [0.3, 0.4) is 0 Å². The van der Waals surface area contributed by atoms with E-state index in [9.17, 15) is 9.59 Å². The highest BCUT2D eigenvalue weighted by Gasteiger charge is 2.27. The summed E-state index contributed by atoms with van der Waals surface area (Å²) in [6.45, 7) is 0.919. The van der Waals surface area contributed by atoms with Gasteiger partial charge in [0.2, 0.25) is 5.91 Å². The van der Waals surface area contributed by atoms with Crippen LogP contribution in [0.2, 0.25) is 0 Å². The number of likely N-dealkylation sites (tertiary alicyclic amines) is 1.